The third kappa shape index (κ3) is 3.30. The Kier molecular flexibility index (Phi) is 4.27. The van der Waals surface area contributed by atoms with Gasteiger partial charge in [0.05, 0.1) is 9.92 Å². The lowest BCUT2D eigenvalue weighted by Gasteiger charge is -2.06. The topological polar surface area (TPSA) is 127 Å². The summed E-state index contributed by atoms with van der Waals surface area (Å²) in [5, 5.41) is 13.7. The number of carbonyl (C=O) groups excluding carboxylic acids is 1. The van der Waals surface area contributed by atoms with Gasteiger partial charge >= 0.3 is 5.97 Å². The Labute approximate surface area is 130 Å². The molecule has 114 valence electrons. The van der Waals surface area contributed by atoms with Crippen molar-refractivity contribution in [3.63, 3.8) is 0 Å². The van der Waals surface area contributed by atoms with Crippen molar-refractivity contribution in [1.29, 1.82) is 0 Å². The van der Waals surface area contributed by atoms with Crippen LogP contribution in [0.15, 0.2) is 41.3 Å². The molecular weight excluding hydrogens is 332 g/mol. The van der Waals surface area contributed by atoms with Crippen molar-refractivity contribution >= 4 is 33.4 Å². The van der Waals surface area contributed by atoms with Crippen LogP contribution in [0.2, 0.25) is 5.02 Å². The first kappa shape index (κ1) is 16.1. The molecule has 1 aromatic carbocycles. The Bertz CT molecular complexity index is 880. The molecule has 0 aliphatic carbocycles. The second-order valence-electron chi connectivity index (χ2n) is 4.23. The van der Waals surface area contributed by atoms with Gasteiger partial charge in [-0.05, 0) is 30.3 Å². The summed E-state index contributed by atoms with van der Waals surface area (Å²) in [6.07, 6.45) is 0. The summed E-state index contributed by atoms with van der Waals surface area (Å²) in [6.45, 7) is 0. The van der Waals surface area contributed by atoms with Gasteiger partial charge in [-0.25, -0.2) is 23.3 Å². The zero-order valence-corrected chi connectivity index (χ0v) is 12.4. The van der Waals surface area contributed by atoms with E-state index in [1.165, 1.54) is 24.3 Å². The number of nitrogens with zero attached hydrogens (tertiary/aromatic N) is 1. The number of benzene rings is 1. The molecule has 7 nitrogen and oxygen atoms in total. The van der Waals surface area contributed by atoms with Crippen molar-refractivity contribution in [2.45, 2.75) is 4.90 Å². The Morgan fingerprint density at radius 1 is 1.14 bits per heavy atom. The predicted molar refractivity (Wildman–Crippen MR) is 77.5 cm³/mol. The summed E-state index contributed by atoms with van der Waals surface area (Å²) in [5.74, 6) is -1.90. The number of aromatic carboxylic acids is 1. The summed E-state index contributed by atoms with van der Waals surface area (Å²) in [7, 11) is -3.94. The monoisotopic (exact) mass is 340 g/mol. The lowest BCUT2D eigenvalue weighted by atomic mass is 10.1. The van der Waals surface area contributed by atoms with Crippen LogP contribution in [0.5, 0.6) is 0 Å². The highest BCUT2D eigenvalue weighted by atomic mass is 35.5. The van der Waals surface area contributed by atoms with Crippen LogP contribution < -0.4 is 5.14 Å². The highest BCUT2D eigenvalue weighted by molar-refractivity contribution is 7.89. The van der Waals surface area contributed by atoms with Crippen LogP contribution in [0.25, 0.3) is 0 Å². The minimum Gasteiger partial charge on any atom is -0.477 e. The number of sulfonamides is 1. The van der Waals surface area contributed by atoms with E-state index in [9.17, 15) is 18.0 Å². The van der Waals surface area contributed by atoms with Crippen LogP contribution >= 0.6 is 11.6 Å². The quantitative estimate of drug-likeness (QED) is 0.808. The Morgan fingerprint density at radius 3 is 2.32 bits per heavy atom. The fourth-order valence-corrected chi connectivity index (χ4v) is 2.55. The zero-order valence-electron chi connectivity index (χ0n) is 10.9. The molecule has 0 aliphatic heterocycles. The van der Waals surface area contributed by atoms with E-state index in [2.05, 4.69) is 4.98 Å². The van der Waals surface area contributed by atoms with E-state index in [1.54, 1.807) is 0 Å². The molecular formula is C13H9ClN2O5S. The number of halogens is 1. The second-order valence-corrected chi connectivity index (χ2v) is 6.20. The SMILES string of the molecule is NS(=O)(=O)c1ccc(C(=O)c2cccc(C(=O)O)n2)c(Cl)c1. The lowest BCUT2D eigenvalue weighted by Crippen LogP contribution is -2.13. The average Bonchev–Trinajstić information content (AvgIpc) is 2.45. The molecule has 2 aromatic rings. The number of carboxylic acid groups (broad SMARTS) is 1. The first-order valence-electron chi connectivity index (χ1n) is 5.77. The van der Waals surface area contributed by atoms with Crippen LogP contribution in [0.4, 0.5) is 0 Å². The molecule has 2 rings (SSSR count). The summed E-state index contributed by atoms with van der Waals surface area (Å²) in [6, 6.07) is 7.32. The van der Waals surface area contributed by atoms with Gasteiger partial charge in [-0.15, -0.1) is 0 Å². The number of nitrogens with two attached hydrogens (primary N) is 1. The summed E-state index contributed by atoms with van der Waals surface area (Å²) in [5.41, 5.74) is -0.419. The van der Waals surface area contributed by atoms with E-state index in [1.807, 2.05) is 0 Å². The fourth-order valence-electron chi connectivity index (χ4n) is 1.68. The molecule has 0 spiro atoms. The van der Waals surface area contributed by atoms with Crippen LogP contribution in [0.3, 0.4) is 0 Å². The first-order valence-corrected chi connectivity index (χ1v) is 7.70. The lowest BCUT2D eigenvalue weighted by molar-refractivity contribution is 0.0690. The molecule has 0 unspecified atom stereocenters. The van der Waals surface area contributed by atoms with E-state index in [4.69, 9.17) is 21.8 Å². The van der Waals surface area contributed by atoms with Crippen LogP contribution in [0.1, 0.15) is 26.5 Å². The Balaban J connectivity index is 2.46. The van der Waals surface area contributed by atoms with Gasteiger partial charge in [-0.2, -0.15) is 0 Å². The highest BCUT2D eigenvalue weighted by Crippen LogP contribution is 2.22. The number of rotatable bonds is 4. The number of carboxylic acids is 1. The van der Waals surface area contributed by atoms with Crippen molar-refractivity contribution in [3.05, 3.63) is 58.4 Å². The smallest absolute Gasteiger partial charge is 0.354 e. The normalized spacial score (nSPS) is 11.2. The molecule has 3 N–H and O–H groups in total. The van der Waals surface area contributed by atoms with Crippen molar-refractivity contribution in [1.82, 2.24) is 4.98 Å². The molecule has 0 radical (unpaired) electrons. The number of primary sulfonamides is 1. The molecule has 9 heteroatoms. The number of pyridine rings is 1. The molecule has 0 bridgehead atoms. The molecule has 0 saturated carbocycles. The number of aromatic nitrogens is 1. The van der Waals surface area contributed by atoms with E-state index in [0.717, 1.165) is 12.1 Å². The van der Waals surface area contributed by atoms with E-state index in [0.29, 0.717) is 0 Å². The molecule has 1 aromatic heterocycles. The predicted octanol–water partition coefficient (Wildman–Crippen LogP) is 1.31. The number of hydrogen-bond acceptors (Lipinski definition) is 5. The minimum atomic E-state index is -3.94. The van der Waals surface area contributed by atoms with E-state index < -0.39 is 21.8 Å². The van der Waals surface area contributed by atoms with Crippen molar-refractivity contribution in [3.8, 4) is 0 Å². The third-order valence-corrected chi connectivity index (χ3v) is 3.94. The maximum atomic E-state index is 12.3. The first-order chi connectivity index (χ1) is 10.2. The van der Waals surface area contributed by atoms with Crippen LogP contribution in [-0.2, 0) is 10.0 Å². The number of hydrogen-bond donors (Lipinski definition) is 2. The van der Waals surface area contributed by atoms with Gasteiger partial charge in [0.1, 0.15) is 11.4 Å². The molecule has 1 heterocycles. The average molecular weight is 341 g/mol. The van der Waals surface area contributed by atoms with Gasteiger partial charge in [-0.1, -0.05) is 17.7 Å². The Morgan fingerprint density at radius 2 is 1.77 bits per heavy atom. The number of ketones is 1. The highest BCUT2D eigenvalue weighted by Gasteiger charge is 2.18. The summed E-state index contributed by atoms with van der Waals surface area (Å²) < 4.78 is 22.4. The fraction of sp³-hybridized carbons (Fsp3) is 0. The molecule has 22 heavy (non-hydrogen) atoms. The van der Waals surface area contributed by atoms with E-state index in [-0.39, 0.29) is 26.9 Å². The van der Waals surface area contributed by atoms with Crippen LogP contribution in [0, 0.1) is 0 Å². The van der Waals surface area contributed by atoms with Crippen molar-refractivity contribution < 1.29 is 23.1 Å². The summed E-state index contributed by atoms with van der Waals surface area (Å²) in [4.78, 5) is 26.6. The van der Waals surface area contributed by atoms with Gasteiger partial charge in [0, 0.05) is 5.56 Å². The maximum absolute atomic E-state index is 12.3. The Hall–Kier alpha value is -2.29. The van der Waals surface area contributed by atoms with Crippen LogP contribution in [-0.4, -0.2) is 30.3 Å². The largest absolute Gasteiger partial charge is 0.477 e. The zero-order chi connectivity index (χ0) is 16.5. The number of carbonyl (C=O) groups is 2. The molecule has 0 saturated heterocycles. The molecule has 0 amide bonds. The standard InChI is InChI=1S/C13H9ClN2O5S/c14-9-6-7(22(15,20)21)4-5-8(9)12(17)10-2-1-3-11(16-10)13(18)19/h1-6H,(H,18,19)(H2,15,20,21). The van der Waals surface area contributed by atoms with Crippen molar-refractivity contribution in [2.75, 3.05) is 0 Å². The summed E-state index contributed by atoms with van der Waals surface area (Å²) >= 11 is 5.90. The van der Waals surface area contributed by atoms with Gasteiger partial charge in [0.25, 0.3) is 0 Å². The van der Waals surface area contributed by atoms with Gasteiger partial charge in [-0.3, -0.25) is 4.79 Å². The third-order valence-electron chi connectivity index (χ3n) is 2.71. The maximum Gasteiger partial charge on any atom is 0.354 e. The van der Waals surface area contributed by atoms with Gasteiger partial charge in [0.15, 0.2) is 0 Å². The molecule has 0 atom stereocenters. The van der Waals surface area contributed by atoms with E-state index >= 15 is 0 Å². The van der Waals surface area contributed by atoms with Gasteiger partial charge < -0.3 is 5.11 Å². The van der Waals surface area contributed by atoms with Gasteiger partial charge in [0.2, 0.25) is 15.8 Å². The minimum absolute atomic E-state index is 0.0101. The molecule has 0 fully saturated rings. The molecule has 0 aliphatic rings. The van der Waals surface area contributed by atoms with Crippen molar-refractivity contribution in [2.24, 2.45) is 5.14 Å². The second kappa shape index (κ2) is 5.84.